The number of rotatable bonds is 2. The van der Waals surface area contributed by atoms with Crippen molar-refractivity contribution in [1.82, 2.24) is 9.55 Å². The molecule has 0 fully saturated rings. The summed E-state index contributed by atoms with van der Waals surface area (Å²) in [6, 6.07) is 28.0. The molecule has 0 bridgehead atoms. The van der Waals surface area contributed by atoms with Crippen LogP contribution in [-0.2, 0) is 6.42 Å². The Kier molecular flexibility index (Phi) is 3.63. The van der Waals surface area contributed by atoms with E-state index in [2.05, 4.69) is 95.6 Å². The molecule has 0 amide bonds. The lowest BCUT2D eigenvalue weighted by Gasteiger charge is -2.13. The average Bonchev–Trinajstić information content (AvgIpc) is 3.13. The first-order chi connectivity index (χ1) is 14.4. The first-order valence-electron chi connectivity index (χ1n) is 10.1. The van der Waals surface area contributed by atoms with Crippen molar-refractivity contribution in [2.75, 3.05) is 0 Å². The summed E-state index contributed by atoms with van der Waals surface area (Å²) in [5.41, 5.74) is 7.39. The lowest BCUT2D eigenvalue weighted by Crippen LogP contribution is -2.00. The zero-order valence-electron chi connectivity index (χ0n) is 16.0. The summed E-state index contributed by atoms with van der Waals surface area (Å²) in [5.74, 6) is 0. The van der Waals surface area contributed by atoms with Crippen LogP contribution in [0.5, 0.6) is 0 Å². The summed E-state index contributed by atoms with van der Waals surface area (Å²) in [6.45, 7) is 0. The number of benzene rings is 3. The molecule has 1 aliphatic rings. The van der Waals surface area contributed by atoms with E-state index in [0.29, 0.717) is 0 Å². The fourth-order valence-electron chi connectivity index (χ4n) is 4.61. The average molecular weight is 372 g/mol. The van der Waals surface area contributed by atoms with Gasteiger partial charge < -0.3 is 4.57 Å². The zero-order valence-corrected chi connectivity index (χ0v) is 16.0. The Hall–Kier alpha value is -3.65. The predicted molar refractivity (Wildman–Crippen MR) is 121 cm³/mol. The van der Waals surface area contributed by atoms with Crippen molar-refractivity contribution in [3.63, 3.8) is 0 Å². The Morgan fingerprint density at radius 2 is 1.66 bits per heavy atom. The standard InChI is InChI=1S/C27H20N2/c1-2-11-22-19(8-1)16-17-28-27(22)20-9-7-10-21(18-20)29-25-14-5-3-12-23(25)24-13-4-6-15-26(24)29/h1-3,5-12,14-18H,4,13H2. The minimum absolute atomic E-state index is 1.03. The number of nitrogens with zero attached hydrogens (tertiary/aromatic N) is 2. The van der Waals surface area contributed by atoms with E-state index in [0.717, 1.165) is 24.1 Å². The van der Waals surface area contributed by atoms with Crippen LogP contribution < -0.4 is 0 Å². The maximum atomic E-state index is 4.73. The molecule has 3 aromatic carbocycles. The van der Waals surface area contributed by atoms with Gasteiger partial charge in [0.1, 0.15) is 0 Å². The summed E-state index contributed by atoms with van der Waals surface area (Å²) >= 11 is 0. The van der Waals surface area contributed by atoms with Crippen molar-refractivity contribution >= 4 is 27.8 Å². The lowest BCUT2D eigenvalue weighted by molar-refractivity contribution is 0.967. The SMILES string of the molecule is C1=Cc2c(c3ccccc3n2-c2cccc(-c3nccc4ccccc34)c2)CC1. The van der Waals surface area contributed by atoms with Crippen molar-refractivity contribution in [3.05, 3.63) is 102 Å². The molecule has 0 spiro atoms. The molecule has 29 heavy (non-hydrogen) atoms. The maximum Gasteiger partial charge on any atom is 0.0781 e. The van der Waals surface area contributed by atoms with Gasteiger partial charge in [0.05, 0.1) is 11.2 Å². The second-order valence-electron chi connectivity index (χ2n) is 7.59. The molecule has 2 heteroatoms. The highest BCUT2D eigenvalue weighted by atomic mass is 15.0. The van der Waals surface area contributed by atoms with Crippen molar-refractivity contribution in [1.29, 1.82) is 0 Å². The summed E-state index contributed by atoms with van der Waals surface area (Å²) in [5, 5.41) is 3.77. The zero-order chi connectivity index (χ0) is 19.2. The van der Waals surface area contributed by atoms with Crippen LogP contribution in [0.1, 0.15) is 17.7 Å². The van der Waals surface area contributed by atoms with Gasteiger partial charge in [0, 0.05) is 33.9 Å². The molecule has 2 nitrogen and oxygen atoms in total. The molecule has 0 saturated heterocycles. The van der Waals surface area contributed by atoms with E-state index in [4.69, 9.17) is 4.98 Å². The number of fused-ring (bicyclic) bond motifs is 4. The maximum absolute atomic E-state index is 4.73. The smallest absolute Gasteiger partial charge is 0.0781 e. The number of para-hydroxylation sites is 1. The van der Waals surface area contributed by atoms with Crippen LogP contribution in [-0.4, -0.2) is 9.55 Å². The molecular formula is C27H20N2. The molecule has 5 aromatic rings. The third-order valence-electron chi connectivity index (χ3n) is 5.91. The van der Waals surface area contributed by atoms with E-state index in [1.54, 1.807) is 0 Å². The predicted octanol–water partition coefficient (Wildman–Crippen LogP) is 6.81. The van der Waals surface area contributed by atoms with Crippen LogP contribution in [0.4, 0.5) is 0 Å². The van der Waals surface area contributed by atoms with Crippen LogP contribution in [0, 0.1) is 0 Å². The Morgan fingerprint density at radius 1 is 0.793 bits per heavy atom. The summed E-state index contributed by atoms with van der Waals surface area (Å²) in [4.78, 5) is 4.73. The summed E-state index contributed by atoms with van der Waals surface area (Å²) < 4.78 is 2.40. The van der Waals surface area contributed by atoms with Gasteiger partial charge in [-0.3, -0.25) is 4.98 Å². The van der Waals surface area contributed by atoms with Crippen LogP contribution in [0.25, 0.3) is 44.7 Å². The quantitative estimate of drug-likeness (QED) is 0.333. The van der Waals surface area contributed by atoms with Crippen molar-refractivity contribution < 1.29 is 0 Å². The molecule has 0 aliphatic heterocycles. The molecule has 0 atom stereocenters. The number of aryl methyl sites for hydroxylation is 1. The first-order valence-corrected chi connectivity index (χ1v) is 10.1. The number of hydrogen-bond acceptors (Lipinski definition) is 1. The van der Waals surface area contributed by atoms with Gasteiger partial charge in [-0.2, -0.15) is 0 Å². The van der Waals surface area contributed by atoms with Crippen molar-refractivity contribution in [3.8, 4) is 16.9 Å². The van der Waals surface area contributed by atoms with E-state index < -0.39 is 0 Å². The minimum Gasteiger partial charge on any atom is -0.310 e. The van der Waals surface area contributed by atoms with Gasteiger partial charge >= 0.3 is 0 Å². The lowest BCUT2D eigenvalue weighted by atomic mass is 10.0. The van der Waals surface area contributed by atoms with Gasteiger partial charge in [-0.15, -0.1) is 0 Å². The Labute approximate surface area is 169 Å². The Balaban J connectivity index is 1.61. The monoisotopic (exact) mass is 372 g/mol. The highest BCUT2D eigenvalue weighted by Gasteiger charge is 2.18. The number of hydrogen-bond donors (Lipinski definition) is 0. The molecule has 0 unspecified atom stereocenters. The first kappa shape index (κ1) is 16.3. The van der Waals surface area contributed by atoms with Gasteiger partial charge in [0.25, 0.3) is 0 Å². The van der Waals surface area contributed by atoms with E-state index in [-0.39, 0.29) is 0 Å². The number of allylic oxidation sites excluding steroid dienone is 1. The van der Waals surface area contributed by atoms with Gasteiger partial charge in [-0.05, 0) is 54.1 Å². The number of aromatic nitrogens is 2. The van der Waals surface area contributed by atoms with Crippen LogP contribution in [0.2, 0.25) is 0 Å². The third-order valence-corrected chi connectivity index (χ3v) is 5.91. The second-order valence-corrected chi connectivity index (χ2v) is 7.59. The van der Waals surface area contributed by atoms with Crippen LogP contribution >= 0.6 is 0 Å². The van der Waals surface area contributed by atoms with Crippen molar-refractivity contribution in [2.45, 2.75) is 12.8 Å². The third kappa shape index (κ3) is 2.53. The summed E-state index contributed by atoms with van der Waals surface area (Å²) in [7, 11) is 0. The number of pyridine rings is 1. The molecule has 138 valence electrons. The topological polar surface area (TPSA) is 17.8 Å². The van der Waals surface area contributed by atoms with E-state index in [1.165, 1.54) is 38.6 Å². The van der Waals surface area contributed by atoms with E-state index >= 15 is 0 Å². The largest absolute Gasteiger partial charge is 0.310 e. The van der Waals surface area contributed by atoms with Gasteiger partial charge in [0.15, 0.2) is 0 Å². The molecule has 2 heterocycles. The molecule has 6 rings (SSSR count). The molecular weight excluding hydrogens is 352 g/mol. The molecule has 1 aliphatic carbocycles. The fourth-order valence-corrected chi connectivity index (χ4v) is 4.61. The molecule has 0 radical (unpaired) electrons. The van der Waals surface area contributed by atoms with Crippen LogP contribution in [0.15, 0.2) is 91.1 Å². The fraction of sp³-hybridized carbons (Fsp3) is 0.0741. The van der Waals surface area contributed by atoms with Crippen molar-refractivity contribution in [2.24, 2.45) is 0 Å². The van der Waals surface area contributed by atoms with Crippen LogP contribution in [0.3, 0.4) is 0 Å². The van der Waals surface area contributed by atoms with E-state index in [9.17, 15) is 0 Å². The van der Waals surface area contributed by atoms with Gasteiger partial charge in [0.2, 0.25) is 0 Å². The highest BCUT2D eigenvalue weighted by molar-refractivity contribution is 5.95. The Bertz CT molecular complexity index is 1400. The summed E-state index contributed by atoms with van der Waals surface area (Å²) in [6.07, 6.45) is 8.68. The molecule has 2 aromatic heterocycles. The Morgan fingerprint density at radius 3 is 2.62 bits per heavy atom. The molecule has 0 N–H and O–H groups in total. The van der Waals surface area contributed by atoms with E-state index in [1.807, 2.05) is 6.20 Å². The second kappa shape index (κ2) is 6.46. The normalized spacial score (nSPS) is 13.1. The molecule has 0 saturated carbocycles. The van der Waals surface area contributed by atoms with Gasteiger partial charge in [-0.1, -0.05) is 60.7 Å². The highest BCUT2D eigenvalue weighted by Crippen LogP contribution is 2.35. The van der Waals surface area contributed by atoms with Gasteiger partial charge in [-0.25, -0.2) is 0 Å². The minimum atomic E-state index is 1.03.